The number of nitrogens with one attached hydrogen (secondary N) is 2. The van der Waals surface area contributed by atoms with Crippen molar-refractivity contribution in [3.63, 3.8) is 0 Å². The summed E-state index contributed by atoms with van der Waals surface area (Å²) in [7, 11) is 0. The van der Waals surface area contributed by atoms with Crippen LogP contribution >= 0.6 is 43.2 Å². The van der Waals surface area contributed by atoms with Gasteiger partial charge in [0.25, 0.3) is 5.91 Å². The van der Waals surface area contributed by atoms with Gasteiger partial charge in [-0.1, -0.05) is 91.7 Å². The molecule has 4 aromatic rings. The van der Waals surface area contributed by atoms with Crippen LogP contribution in [0.5, 0.6) is 0 Å². The van der Waals surface area contributed by atoms with E-state index in [1.807, 2.05) is 60.7 Å². The lowest BCUT2D eigenvalue weighted by Crippen LogP contribution is -2.45. The van der Waals surface area contributed by atoms with Crippen molar-refractivity contribution in [1.29, 1.82) is 0 Å². The molecule has 0 spiro atoms. The Hall–Kier alpha value is -2.88. The Balaban J connectivity index is 1.51. The summed E-state index contributed by atoms with van der Waals surface area (Å²) in [6.07, 6.45) is 0.338. The summed E-state index contributed by atoms with van der Waals surface area (Å²) in [5.74, 6) is -0.694. The average molecular weight is 586 g/mol. The Kier molecular flexibility index (Phi) is 7.64. The van der Waals surface area contributed by atoms with Gasteiger partial charge in [0.1, 0.15) is 11.0 Å². The predicted octanol–water partition coefficient (Wildman–Crippen LogP) is 5.71. The highest BCUT2D eigenvalue weighted by Gasteiger charge is 2.23. The van der Waals surface area contributed by atoms with Gasteiger partial charge in [0.2, 0.25) is 11.0 Å². The van der Waals surface area contributed by atoms with Crippen molar-refractivity contribution in [2.75, 3.05) is 5.32 Å². The maximum atomic E-state index is 13.1. The van der Waals surface area contributed by atoms with E-state index in [-0.39, 0.29) is 11.8 Å². The van der Waals surface area contributed by atoms with E-state index in [9.17, 15) is 9.59 Å². The summed E-state index contributed by atoms with van der Waals surface area (Å²) in [5, 5.41) is 15.0. The molecule has 166 valence electrons. The molecule has 0 aliphatic carbocycles. The van der Waals surface area contributed by atoms with Crippen LogP contribution in [-0.4, -0.2) is 28.1 Å². The van der Waals surface area contributed by atoms with Crippen molar-refractivity contribution in [2.24, 2.45) is 0 Å². The maximum Gasteiger partial charge on any atom is 0.251 e. The Morgan fingerprint density at radius 3 is 2.36 bits per heavy atom. The lowest BCUT2D eigenvalue weighted by molar-refractivity contribution is -0.118. The number of nitrogens with zero attached hydrogens (tertiary/aromatic N) is 2. The summed E-state index contributed by atoms with van der Waals surface area (Å²) < 4.78 is 1.75. The van der Waals surface area contributed by atoms with Crippen LogP contribution < -0.4 is 10.6 Å². The molecule has 6 nitrogen and oxygen atoms in total. The van der Waals surface area contributed by atoms with Crippen molar-refractivity contribution in [2.45, 2.75) is 12.5 Å². The van der Waals surface area contributed by atoms with Gasteiger partial charge in [0.15, 0.2) is 0 Å². The number of carbonyl (C=O) groups excluding carboxylic acids is 2. The molecule has 2 amide bonds. The number of hydrogen-bond acceptors (Lipinski definition) is 5. The van der Waals surface area contributed by atoms with E-state index in [4.69, 9.17) is 0 Å². The molecule has 1 aromatic heterocycles. The normalized spacial score (nSPS) is 11.6. The first-order valence-corrected chi connectivity index (χ1v) is 12.4. The van der Waals surface area contributed by atoms with Crippen molar-refractivity contribution in [3.05, 3.63) is 98.9 Å². The SMILES string of the molecule is O=C(NC(Cc1ccccc1)C(=O)Nc1nnc(-c2ccc(Br)cc2)s1)c1cccc(Br)c1. The number of anilines is 1. The van der Waals surface area contributed by atoms with Crippen LogP contribution in [-0.2, 0) is 11.2 Å². The molecule has 1 unspecified atom stereocenters. The van der Waals surface area contributed by atoms with E-state index in [0.29, 0.717) is 22.1 Å². The van der Waals surface area contributed by atoms with E-state index < -0.39 is 6.04 Å². The molecule has 4 rings (SSSR count). The molecule has 9 heteroatoms. The van der Waals surface area contributed by atoms with Crippen LogP contribution in [0, 0.1) is 0 Å². The molecule has 0 radical (unpaired) electrons. The van der Waals surface area contributed by atoms with E-state index in [1.165, 1.54) is 11.3 Å². The molecule has 3 aromatic carbocycles. The number of amides is 2. The van der Waals surface area contributed by atoms with Gasteiger partial charge in [-0.15, -0.1) is 10.2 Å². The Labute approximate surface area is 211 Å². The van der Waals surface area contributed by atoms with Crippen LogP contribution in [0.4, 0.5) is 5.13 Å². The van der Waals surface area contributed by atoms with E-state index in [0.717, 1.165) is 20.1 Å². The predicted molar refractivity (Wildman–Crippen MR) is 137 cm³/mol. The quantitative estimate of drug-likeness (QED) is 0.291. The topological polar surface area (TPSA) is 84.0 Å². The maximum absolute atomic E-state index is 13.1. The molecule has 1 atom stereocenters. The monoisotopic (exact) mass is 584 g/mol. The molecule has 0 saturated carbocycles. The van der Waals surface area contributed by atoms with Crippen LogP contribution in [0.25, 0.3) is 10.6 Å². The van der Waals surface area contributed by atoms with E-state index >= 15 is 0 Å². The van der Waals surface area contributed by atoms with Gasteiger partial charge in [-0.05, 0) is 35.9 Å². The molecule has 0 bridgehead atoms. The molecule has 0 aliphatic heterocycles. The summed E-state index contributed by atoms with van der Waals surface area (Å²) in [5.41, 5.74) is 2.30. The van der Waals surface area contributed by atoms with Gasteiger partial charge in [-0.3, -0.25) is 14.9 Å². The van der Waals surface area contributed by atoms with Crippen molar-refractivity contribution >= 4 is 60.1 Å². The van der Waals surface area contributed by atoms with Crippen molar-refractivity contribution in [3.8, 4) is 10.6 Å². The second kappa shape index (κ2) is 10.8. The standard InChI is InChI=1S/C24H18Br2N4O2S/c25-18-11-9-16(10-12-18)23-29-30-24(33-23)28-22(32)20(13-15-5-2-1-3-6-15)27-21(31)17-7-4-8-19(26)14-17/h1-12,14,20H,13H2,(H,27,31)(H,28,30,32). The first kappa shape index (κ1) is 23.3. The fourth-order valence-corrected chi connectivity index (χ4v) is 4.52. The van der Waals surface area contributed by atoms with Crippen LogP contribution in [0.2, 0.25) is 0 Å². The molecule has 1 heterocycles. The Morgan fingerprint density at radius 2 is 1.64 bits per heavy atom. The lowest BCUT2D eigenvalue weighted by atomic mass is 10.0. The molecular weight excluding hydrogens is 568 g/mol. The summed E-state index contributed by atoms with van der Waals surface area (Å²) in [6.45, 7) is 0. The average Bonchev–Trinajstić information content (AvgIpc) is 3.28. The van der Waals surface area contributed by atoms with Gasteiger partial charge in [0.05, 0.1) is 0 Å². The fraction of sp³-hybridized carbons (Fsp3) is 0.0833. The fourth-order valence-electron chi connectivity index (χ4n) is 3.11. The molecule has 0 fully saturated rings. The van der Waals surface area contributed by atoms with E-state index in [1.54, 1.807) is 18.2 Å². The smallest absolute Gasteiger partial charge is 0.251 e. The molecule has 33 heavy (non-hydrogen) atoms. The van der Waals surface area contributed by atoms with Gasteiger partial charge in [-0.25, -0.2) is 0 Å². The van der Waals surface area contributed by atoms with Crippen molar-refractivity contribution in [1.82, 2.24) is 15.5 Å². The molecule has 0 saturated heterocycles. The highest BCUT2D eigenvalue weighted by Crippen LogP contribution is 2.27. The lowest BCUT2D eigenvalue weighted by Gasteiger charge is -2.18. The summed E-state index contributed by atoms with van der Waals surface area (Å²) >= 11 is 8.06. The molecular formula is C24H18Br2N4O2S. The second-order valence-corrected chi connectivity index (χ2v) is 9.94. The number of benzene rings is 3. The van der Waals surface area contributed by atoms with Gasteiger partial charge < -0.3 is 5.32 Å². The third-order valence-corrected chi connectivity index (χ3v) is 6.65. The zero-order chi connectivity index (χ0) is 23.2. The van der Waals surface area contributed by atoms with Crippen LogP contribution in [0.3, 0.4) is 0 Å². The Morgan fingerprint density at radius 1 is 0.879 bits per heavy atom. The van der Waals surface area contributed by atoms with Gasteiger partial charge in [0, 0.05) is 26.5 Å². The molecule has 0 aliphatic rings. The van der Waals surface area contributed by atoms with Gasteiger partial charge >= 0.3 is 0 Å². The van der Waals surface area contributed by atoms with Crippen molar-refractivity contribution < 1.29 is 9.59 Å². The van der Waals surface area contributed by atoms with Gasteiger partial charge in [-0.2, -0.15) is 0 Å². The zero-order valence-electron chi connectivity index (χ0n) is 17.2. The summed E-state index contributed by atoms with van der Waals surface area (Å²) in [6, 6.07) is 23.5. The third kappa shape index (κ3) is 6.34. The third-order valence-electron chi connectivity index (χ3n) is 4.74. The highest BCUT2D eigenvalue weighted by molar-refractivity contribution is 9.10. The first-order chi connectivity index (χ1) is 16.0. The minimum absolute atomic E-state index is 0.333. The number of halogens is 2. The number of rotatable bonds is 7. The van der Waals surface area contributed by atoms with E-state index in [2.05, 4.69) is 52.7 Å². The first-order valence-electron chi connectivity index (χ1n) is 9.98. The van der Waals surface area contributed by atoms with Crippen LogP contribution in [0.15, 0.2) is 87.8 Å². The number of carbonyl (C=O) groups is 2. The Bertz CT molecular complexity index is 1260. The number of hydrogen-bond donors (Lipinski definition) is 2. The minimum Gasteiger partial charge on any atom is -0.340 e. The summed E-state index contributed by atoms with van der Waals surface area (Å²) in [4.78, 5) is 26.0. The highest BCUT2D eigenvalue weighted by atomic mass is 79.9. The second-order valence-electron chi connectivity index (χ2n) is 7.13. The largest absolute Gasteiger partial charge is 0.340 e. The minimum atomic E-state index is -0.793. The zero-order valence-corrected chi connectivity index (χ0v) is 21.2. The van der Waals surface area contributed by atoms with Crippen LogP contribution in [0.1, 0.15) is 15.9 Å². The number of aromatic nitrogens is 2. The molecule has 2 N–H and O–H groups in total.